The SMILES string of the molecule is Cc1cc(NC(=O)c2cccc([N+](=O)[O-])c2)ccc1NC(=O)c1ccccc1. The maximum absolute atomic E-state index is 12.3. The van der Waals surface area contributed by atoms with Gasteiger partial charge in [0, 0.05) is 34.6 Å². The van der Waals surface area contributed by atoms with Gasteiger partial charge in [0.2, 0.25) is 0 Å². The summed E-state index contributed by atoms with van der Waals surface area (Å²) in [6.45, 7) is 1.81. The van der Waals surface area contributed by atoms with Crippen LogP contribution in [0.25, 0.3) is 0 Å². The zero-order valence-corrected chi connectivity index (χ0v) is 15.0. The molecule has 3 aromatic carbocycles. The van der Waals surface area contributed by atoms with Crippen LogP contribution in [-0.4, -0.2) is 16.7 Å². The number of hydrogen-bond donors (Lipinski definition) is 2. The molecule has 0 saturated heterocycles. The van der Waals surface area contributed by atoms with E-state index in [9.17, 15) is 19.7 Å². The van der Waals surface area contributed by atoms with Crippen LogP contribution < -0.4 is 10.6 Å². The molecule has 7 nitrogen and oxygen atoms in total. The van der Waals surface area contributed by atoms with Crippen molar-refractivity contribution in [2.75, 3.05) is 10.6 Å². The summed E-state index contributed by atoms with van der Waals surface area (Å²) in [5, 5.41) is 16.4. The van der Waals surface area contributed by atoms with Gasteiger partial charge in [0.05, 0.1) is 4.92 Å². The molecule has 3 rings (SSSR count). The van der Waals surface area contributed by atoms with E-state index in [0.717, 1.165) is 5.56 Å². The van der Waals surface area contributed by atoms with Gasteiger partial charge in [-0.25, -0.2) is 0 Å². The van der Waals surface area contributed by atoms with E-state index in [0.29, 0.717) is 16.9 Å². The third-order valence-electron chi connectivity index (χ3n) is 4.09. The Morgan fingerprint density at radius 2 is 1.50 bits per heavy atom. The van der Waals surface area contributed by atoms with E-state index in [1.165, 1.54) is 24.3 Å². The lowest BCUT2D eigenvalue weighted by atomic mass is 10.1. The van der Waals surface area contributed by atoms with Gasteiger partial charge in [-0.3, -0.25) is 19.7 Å². The number of anilines is 2. The lowest BCUT2D eigenvalue weighted by molar-refractivity contribution is -0.384. The lowest BCUT2D eigenvalue weighted by Crippen LogP contribution is -2.14. The number of nitro groups is 1. The Kier molecular flexibility index (Phi) is 5.45. The Bertz CT molecular complexity index is 1050. The van der Waals surface area contributed by atoms with Crippen LogP contribution in [-0.2, 0) is 0 Å². The number of amides is 2. The predicted octanol–water partition coefficient (Wildman–Crippen LogP) is 4.41. The number of non-ortho nitro benzene ring substituents is 1. The molecule has 0 unspecified atom stereocenters. The number of nitro benzene ring substituents is 1. The number of aryl methyl sites for hydroxylation is 1. The number of nitrogens with zero attached hydrogens (tertiary/aromatic N) is 1. The van der Waals surface area contributed by atoms with Crippen LogP contribution >= 0.6 is 0 Å². The van der Waals surface area contributed by atoms with Crippen LogP contribution in [0.15, 0.2) is 72.8 Å². The van der Waals surface area contributed by atoms with Crippen molar-refractivity contribution in [2.45, 2.75) is 6.92 Å². The van der Waals surface area contributed by atoms with Crippen LogP contribution in [0.4, 0.5) is 17.1 Å². The maximum atomic E-state index is 12.3. The van der Waals surface area contributed by atoms with Gasteiger partial charge < -0.3 is 10.6 Å². The number of carbonyl (C=O) groups excluding carboxylic acids is 2. The van der Waals surface area contributed by atoms with Crippen LogP contribution in [0.2, 0.25) is 0 Å². The molecule has 140 valence electrons. The third-order valence-corrected chi connectivity index (χ3v) is 4.09. The standard InChI is InChI=1S/C21H17N3O4/c1-14-12-17(22-21(26)16-8-5-9-18(13-16)24(27)28)10-11-19(14)23-20(25)15-6-3-2-4-7-15/h2-13H,1H3,(H,22,26)(H,23,25). The highest BCUT2D eigenvalue weighted by molar-refractivity contribution is 6.06. The second kappa shape index (κ2) is 8.13. The molecule has 0 fully saturated rings. The largest absolute Gasteiger partial charge is 0.322 e. The average Bonchev–Trinajstić information content (AvgIpc) is 2.70. The number of rotatable bonds is 5. The zero-order chi connectivity index (χ0) is 20.1. The second-order valence-electron chi connectivity index (χ2n) is 6.11. The van der Waals surface area contributed by atoms with Crippen molar-refractivity contribution in [2.24, 2.45) is 0 Å². The summed E-state index contributed by atoms with van der Waals surface area (Å²) < 4.78 is 0. The van der Waals surface area contributed by atoms with Crippen LogP contribution in [0.1, 0.15) is 26.3 Å². The molecule has 0 atom stereocenters. The smallest absolute Gasteiger partial charge is 0.270 e. The van der Waals surface area contributed by atoms with Crippen LogP contribution in [0, 0.1) is 17.0 Å². The number of carbonyl (C=O) groups is 2. The number of nitrogens with one attached hydrogen (secondary N) is 2. The molecule has 7 heteroatoms. The summed E-state index contributed by atoms with van der Waals surface area (Å²) in [5.74, 6) is -0.679. The molecular weight excluding hydrogens is 358 g/mol. The Morgan fingerprint density at radius 3 is 2.18 bits per heavy atom. The Morgan fingerprint density at radius 1 is 0.821 bits per heavy atom. The monoisotopic (exact) mass is 375 g/mol. The van der Waals surface area contributed by atoms with E-state index in [2.05, 4.69) is 10.6 Å². The Balaban J connectivity index is 1.72. The van der Waals surface area contributed by atoms with E-state index < -0.39 is 10.8 Å². The molecule has 0 radical (unpaired) electrons. The first-order chi connectivity index (χ1) is 13.4. The van der Waals surface area contributed by atoms with Gasteiger partial charge in [-0.1, -0.05) is 24.3 Å². The zero-order valence-electron chi connectivity index (χ0n) is 15.0. The van der Waals surface area contributed by atoms with Crippen molar-refractivity contribution >= 4 is 28.9 Å². The highest BCUT2D eigenvalue weighted by Gasteiger charge is 2.13. The summed E-state index contributed by atoms with van der Waals surface area (Å²) in [7, 11) is 0. The third kappa shape index (κ3) is 4.39. The van der Waals surface area contributed by atoms with E-state index in [4.69, 9.17) is 0 Å². The van der Waals surface area contributed by atoms with Crippen molar-refractivity contribution in [3.8, 4) is 0 Å². The molecule has 0 aliphatic carbocycles. The van der Waals surface area contributed by atoms with Gasteiger partial charge in [0.25, 0.3) is 17.5 Å². The quantitative estimate of drug-likeness (QED) is 0.509. The van der Waals surface area contributed by atoms with Crippen molar-refractivity contribution in [3.63, 3.8) is 0 Å². The predicted molar refractivity (Wildman–Crippen MR) is 107 cm³/mol. The summed E-state index contributed by atoms with van der Waals surface area (Å²) in [6.07, 6.45) is 0. The van der Waals surface area contributed by atoms with E-state index >= 15 is 0 Å². The molecule has 3 aromatic rings. The minimum atomic E-state index is -0.550. The van der Waals surface area contributed by atoms with E-state index in [1.54, 1.807) is 42.5 Å². The van der Waals surface area contributed by atoms with Crippen LogP contribution in [0.3, 0.4) is 0 Å². The highest BCUT2D eigenvalue weighted by atomic mass is 16.6. The fraction of sp³-hybridized carbons (Fsp3) is 0.0476. The molecule has 0 aliphatic heterocycles. The molecular formula is C21H17N3O4. The minimum absolute atomic E-state index is 0.150. The topological polar surface area (TPSA) is 101 Å². The van der Waals surface area contributed by atoms with Crippen molar-refractivity contribution in [1.82, 2.24) is 0 Å². The summed E-state index contributed by atoms with van der Waals surface area (Å²) >= 11 is 0. The molecule has 28 heavy (non-hydrogen) atoms. The number of hydrogen-bond acceptors (Lipinski definition) is 4. The number of benzene rings is 3. The van der Waals surface area contributed by atoms with Gasteiger partial charge in [0.15, 0.2) is 0 Å². The second-order valence-corrected chi connectivity index (χ2v) is 6.11. The van der Waals surface area contributed by atoms with Gasteiger partial charge in [-0.05, 0) is 48.9 Å². The molecule has 0 aromatic heterocycles. The van der Waals surface area contributed by atoms with Gasteiger partial charge in [0.1, 0.15) is 0 Å². The molecule has 0 bridgehead atoms. The Labute approximate surface area is 161 Å². The molecule has 2 amide bonds. The van der Waals surface area contributed by atoms with Gasteiger partial charge in [-0.15, -0.1) is 0 Å². The Hall–Kier alpha value is -4.00. The fourth-order valence-electron chi connectivity index (χ4n) is 2.63. The van der Waals surface area contributed by atoms with Crippen molar-refractivity contribution in [1.29, 1.82) is 0 Å². The maximum Gasteiger partial charge on any atom is 0.270 e. The first kappa shape index (κ1) is 18.8. The lowest BCUT2D eigenvalue weighted by Gasteiger charge is -2.11. The summed E-state index contributed by atoms with van der Waals surface area (Å²) in [6, 6.07) is 19.4. The first-order valence-corrected chi connectivity index (χ1v) is 8.47. The fourth-order valence-corrected chi connectivity index (χ4v) is 2.63. The normalized spacial score (nSPS) is 10.2. The molecule has 2 N–H and O–H groups in total. The minimum Gasteiger partial charge on any atom is -0.322 e. The average molecular weight is 375 g/mol. The molecule has 0 aliphatic rings. The van der Waals surface area contributed by atoms with Crippen molar-refractivity contribution < 1.29 is 14.5 Å². The molecule has 0 heterocycles. The highest BCUT2D eigenvalue weighted by Crippen LogP contribution is 2.22. The molecule has 0 spiro atoms. The van der Waals surface area contributed by atoms with Crippen molar-refractivity contribution in [3.05, 3.63) is 99.6 Å². The summed E-state index contributed by atoms with van der Waals surface area (Å²) in [5.41, 5.74) is 2.50. The van der Waals surface area contributed by atoms with Gasteiger partial charge >= 0.3 is 0 Å². The van der Waals surface area contributed by atoms with Crippen LogP contribution in [0.5, 0.6) is 0 Å². The van der Waals surface area contributed by atoms with E-state index in [-0.39, 0.29) is 17.2 Å². The van der Waals surface area contributed by atoms with Gasteiger partial charge in [-0.2, -0.15) is 0 Å². The first-order valence-electron chi connectivity index (χ1n) is 8.47. The summed E-state index contributed by atoms with van der Waals surface area (Å²) in [4.78, 5) is 34.9. The molecule has 0 saturated carbocycles. The van der Waals surface area contributed by atoms with E-state index in [1.807, 2.05) is 13.0 Å².